The maximum atomic E-state index is 5.72. The number of hydrogen-bond acceptors (Lipinski definition) is 4. The van der Waals surface area contributed by atoms with Crippen LogP contribution in [0.25, 0.3) is 0 Å². The zero-order chi connectivity index (χ0) is 6.97. The molecule has 0 saturated carbocycles. The van der Waals surface area contributed by atoms with Gasteiger partial charge in [0.15, 0.2) is 0 Å². The SMILES string of the molecule is NC1CNN2C=CCN=C12. The molecule has 4 heteroatoms. The summed E-state index contributed by atoms with van der Waals surface area (Å²) in [6.07, 6.45) is 3.96. The van der Waals surface area contributed by atoms with Gasteiger partial charge >= 0.3 is 0 Å². The molecule has 0 aromatic rings. The van der Waals surface area contributed by atoms with E-state index >= 15 is 0 Å². The van der Waals surface area contributed by atoms with Gasteiger partial charge in [-0.3, -0.25) is 10.0 Å². The van der Waals surface area contributed by atoms with Crippen molar-refractivity contribution in [2.75, 3.05) is 13.1 Å². The molecule has 0 radical (unpaired) electrons. The first-order valence-corrected chi connectivity index (χ1v) is 3.37. The van der Waals surface area contributed by atoms with E-state index in [1.54, 1.807) is 0 Å². The fourth-order valence-electron chi connectivity index (χ4n) is 1.17. The van der Waals surface area contributed by atoms with Crippen molar-refractivity contribution in [3.63, 3.8) is 0 Å². The molecule has 10 heavy (non-hydrogen) atoms. The topological polar surface area (TPSA) is 53.6 Å². The molecule has 1 saturated heterocycles. The number of hydrogen-bond donors (Lipinski definition) is 2. The first kappa shape index (κ1) is 5.88. The van der Waals surface area contributed by atoms with E-state index in [0.717, 1.165) is 18.9 Å². The first-order chi connectivity index (χ1) is 4.88. The van der Waals surface area contributed by atoms with Crippen LogP contribution in [-0.2, 0) is 0 Å². The van der Waals surface area contributed by atoms with E-state index in [2.05, 4.69) is 10.4 Å². The highest BCUT2D eigenvalue weighted by molar-refractivity contribution is 5.90. The summed E-state index contributed by atoms with van der Waals surface area (Å²) in [5.74, 6) is 0.961. The number of nitrogens with one attached hydrogen (secondary N) is 1. The second-order valence-electron chi connectivity index (χ2n) is 2.42. The monoisotopic (exact) mass is 138 g/mol. The van der Waals surface area contributed by atoms with Crippen molar-refractivity contribution in [2.45, 2.75) is 6.04 Å². The number of aliphatic imine (C=N–C) groups is 1. The molecule has 54 valence electrons. The van der Waals surface area contributed by atoms with Gasteiger partial charge in [-0.1, -0.05) is 0 Å². The summed E-state index contributed by atoms with van der Waals surface area (Å²) in [6.45, 7) is 1.56. The smallest absolute Gasteiger partial charge is 0.136 e. The Labute approximate surface area is 59.4 Å². The Hall–Kier alpha value is -0.870. The van der Waals surface area contributed by atoms with Crippen molar-refractivity contribution in [3.8, 4) is 0 Å². The quantitative estimate of drug-likeness (QED) is 0.454. The average molecular weight is 138 g/mol. The van der Waals surface area contributed by atoms with Crippen LogP contribution in [0.3, 0.4) is 0 Å². The molecular formula is C6H10N4. The molecule has 2 aliphatic rings. The molecule has 0 aliphatic carbocycles. The lowest BCUT2D eigenvalue weighted by atomic mass is 10.3. The Balaban J connectivity index is 2.24. The van der Waals surface area contributed by atoms with Gasteiger partial charge in [0.05, 0.1) is 12.6 Å². The minimum atomic E-state index is 0.0740. The Morgan fingerprint density at radius 1 is 1.80 bits per heavy atom. The summed E-state index contributed by atoms with van der Waals surface area (Å²) in [6, 6.07) is 0.0740. The van der Waals surface area contributed by atoms with Crippen LogP contribution in [0.2, 0.25) is 0 Å². The number of nitrogens with zero attached hydrogens (tertiary/aromatic N) is 2. The predicted molar refractivity (Wildman–Crippen MR) is 39.3 cm³/mol. The highest BCUT2D eigenvalue weighted by Gasteiger charge is 2.25. The van der Waals surface area contributed by atoms with Gasteiger partial charge < -0.3 is 5.73 Å². The second kappa shape index (κ2) is 2.07. The summed E-state index contributed by atoms with van der Waals surface area (Å²) < 4.78 is 0. The number of rotatable bonds is 0. The van der Waals surface area contributed by atoms with Crippen LogP contribution < -0.4 is 11.2 Å². The Bertz CT molecular complexity index is 196. The third-order valence-electron chi connectivity index (χ3n) is 1.67. The molecule has 0 amide bonds. The van der Waals surface area contributed by atoms with Crippen molar-refractivity contribution in [1.82, 2.24) is 10.4 Å². The normalized spacial score (nSPS) is 30.3. The highest BCUT2D eigenvalue weighted by atomic mass is 15.6. The zero-order valence-electron chi connectivity index (χ0n) is 5.62. The van der Waals surface area contributed by atoms with E-state index in [1.165, 1.54) is 0 Å². The second-order valence-corrected chi connectivity index (χ2v) is 2.42. The van der Waals surface area contributed by atoms with Crippen molar-refractivity contribution < 1.29 is 0 Å². The van der Waals surface area contributed by atoms with Crippen molar-refractivity contribution in [1.29, 1.82) is 0 Å². The fraction of sp³-hybridized carbons (Fsp3) is 0.500. The first-order valence-electron chi connectivity index (χ1n) is 3.37. The molecule has 3 N–H and O–H groups in total. The van der Waals surface area contributed by atoms with Crippen LogP contribution in [0.4, 0.5) is 0 Å². The third-order valence-corrected chi connectivity index (χ3v) is 1.67. The molecule has 0 spiro atoms. The van der Waals surface area contributed by atoms with Gasteiger partial charge in [0.25, 0.3) is 0 Å². The maximum Gasteiger partial charge on any atom is 0.136 e. The number of amidine groups is 1. The summed E-state index contributed by atoms with van der Waals surface area (Å²) in [4.78, 5) is 4.24. The van der Waals surface area contributed by atoms with Crippen LogP contribution in [0.1, 0.15) is 0 Å². The van der Waals surface area contributed by atoms with E-state index in [0.29, 0.717) is 0 Å². The lowest BCUT2D eigenvalue weighted by Gasteiger charge is -2.16. The van der Waals surface area contributed by atoms with Crippen LogP contribution in [0.15, 0.2) is 17.3 Å². The number of hydrazine groups is 1. The van der Waals surface area contributed by atoms with Gasteiger partial charge in [-0.15, -0.1) is 0 Å². The Morgan fingerprint density at radius 3 is 3.50 bits per heavy atom. The van der Waals surface area contributed by atoms with Gasteiger partial charge in [0, 0.05) is 12.7 Å². The van der Waals surface area contributed by atoms with Gasteiger partial charge in [0.2, 0.25) is 0 Å². The third kappa shape index (κ3) is 0.732. The van der Waals surface area contributed by atoms with E-state index in [9.17, 15) is 0 Å². The molecule has 2 heterocycles. The molecule has 1 atom stereocenters. The molecule has 0 bridgehead atoms. The molecule has 0 aromatic heterocycles. The highest BCUT2D eigenvalue weighted by Crippen LogP contribution is 2.05. The molecule has 1 unspecified atom stereocenters. The lowest BCUT2D eigenvalue weighted by molar-refractivity contribution is 0.454. The molecule has 2 rings (SSSR count). The van der Waals surface area contributed by atoms with E-state index in [1.807, 2.05) is 17.3 Å². The van der Waals surface area contributed by atoms with Crippen molar-refractivity contribution >= 4 is 5.84 Å². The zero-order valence-corrected chi connectivity index (χ0v) is 5.62. The predicted octanol–water partition coefficient (Wildman–Crippen LogP) is -0.940. The number of fused-ring (bicyclic) bond motifs is 1. The number of nitrogens with two attached hydrogens (primary N) is 1. The summed E-state index contributed by atoms with van der Waals surface area (Å²) in [5, 5.41) is 1.88. The van der Waals surface area contributed by atoms with E-state index in [-0.39, 0.29) is 6.04 Å². The maximum absolute atomic E-state index is 5.72. The summed E-state index contributed by atoms with van der Waals surface area (Å²) in [7, 11) is 0. The average Bonchev–Trinajstić information content (AvgIpc) is 2.34. The van der Waals surface area contributed by atoms with Crippen LogP contribution >= 0.6 is 0 Å². The molecule has 1 fully saturated rings. The van der Waals surface area contributed by atoms with Crippen molar-refractivity contribution in [3.05, 3.63) is 12.3 Å². The standard InChI is InChI=1S/C6H10N4/c7-5-4-9-10-3-1-2-8-6(5)10/h1,3,5,9H,2,4,7H2. The molecule has 4 nitrogen and oxygen atoms in total. The van der Waals surface area contributed by atoms with E-state index in [4.69, 9.17) is 5.73 Å². The molecule has 0 aromatic carbocycles. The van der Waals surface area contributed by atoms with Crippen LogP contribution in [0, 0.1) is 0 Å². The van der Waals surface area contributed by atoms with Crippen LogP contribution in [-0.4, -0.2) is 30.0 Å². The largest absolute Gasteiger partial charge is 0.320 e. The Kier molecular flexibility index (Phi) is 1.22. The lowest BCUT2D eigenvalue weighted by Crippen LogP contribution is -2.35. The fourth-order valence-corrected chi connectivity index (χ4v) is 1.17. The van der Waals surface area contributed by atoms with Gasteiger partial charge in [-0.05, 0) is 6.08 Å². The van der Waals surface area contributed by atoms with Gasteiger partial charge in [0.1, 0.15) is 5.84 Å². The summed E-state index contributed by atoms with van der Waals surface area (Å²) in [5.41, 5.74) is 8.82. The summed E-state index contributed by atoms with van der Waals surface area (Å²) >= 11 is 0. The minimum absolute atomic E-state index is 0.0740. The van der Waals surface area contributed by atoms with Crippen molar-refractivity contribution in [2.24, 2.45) is 10.7 Å². The van der Waals surface area contributed by atoms with Gasteiger partial charge in [-0.2, -0.15) is 0 Å². The molecular weight excluding hydrogens is 128 g/mol. The minimum Gasteiger partial charge on any atom is -0.320 e. The molecule has 2 aliphatic heterocycles. The van der Waals surface area contributed by atoms with Crippen LogP contribution in [0.5, 0.6) is 0 Å². The van der Waals surface area contributed by atoms with Gasteiger partial charge in [-0.25, -0.2) is 5.43 Å². The Morgan fingerprint density at radius 2 is 2.70 bits per heavy atom. The van der Waals surface area contributed by atoms with E-state index < -0.39 is 0 Å².